The van der Waals surface area contributed by atoms with Crippen molar-refractivity contribution in [2.45, 2.75) is 13.8 Å². The second-order valence-corrected chi connectivity index (χ2v) is 4.70. The van der Waals surface area contributed by atoms with Gasteiger partial charge in [-0.15, -0.1) is 0 Å². The minimum absolute atomic E-state index is 0.0218. The van der Waals surface area contributed by atoms with Crippen LogP contribution in [0.1, 0.15) is 21.9 Å². The van der Waals surface area contributed by atoms with E-state index in [1.165, 1.54) is 0 Å². The first kappa shape index (κ1) is 13.6. The summed E-state index contributed by atoms with van der Waals surface area (Å²) in [6.45, 7) is 5.78. The maximum atomic E-state index is 12.3. The van der Waals surface area contributed by atoms with Gasteiger partial charge in [0.25, 0.3) is 5.91 Å². The summed E-state index contributed by atoms with van der Waals surface area (Å²) >= 11 is 0. The zero-order valence-electron chi connectivity index (χ0n) is 11.3. The van der Waals surface area contributed by atoms with Crippen LogP contribution in [-0.2, 0) is 4.79 Å². The van der Waals surface area contributed by atoms with E-state index in [0.29, 0.717) is 37.5 Å². The van der Waals surface area contributed by atoms with E-state index in [1.807, 2.05) is 6.92 Å². The first-order valence-corrected chi connectivity index (χ1v) is 6.37. The number of piperazine rings is 1. The second-order valence-electron chi connectivity index (χ2n) is 4.70. The highest BCUT2D eigenvalue weighted by atomic mass is 16.3. The second kappa shape index (κ2) is 5.44. The molecule has 2 heterocycles. The van der Waals surface area contributed by atoms with Crippen molar-refractivity contribution in [2.24, 2.45) is 5.73 Å². The van der Waals surface area contributed by atoms with Crippen molar-refractivity contribution in [1.29, 1.82) is 0 Å². The molecular weight excluding hydrogens is 246 g/mol. The number of carbonyl (C=O) groups excluding carboxylic acids is 2. The molecule has 1 aromatic heterocycles. The molecule has 2 N–H and O–H groups in total. The van der Waals surface area contributed by atoms with Gasteiger partial charge in [0.05, 0.1) is 12.1 Å². The van der Waals surface area contributed by atoms with Crippen molar-refractivity contribution in [1.82, 2.24) is 9.80 Å². The van der Waals surface area contributed by atoms with Crippen LogP contribution in [0.5, 0.6) is 0 Å². The maximum Gasteiger partial charge on any atom is 0.257 e. The van der Waals surface area contributed by atoms with Gasteiger partial charge < -0.3 is 20.0 Å². The Kier molecular flexibility index (Phi) is 3.90. The van der Waals surface area contributed by atoms with Gasteiger partial charge in [-0.3, -0.25) is 9.59 Å². The zero-order valence-corrected chi connectivity index (χ0v) is 11.3. The number of nitrogens with zero attached hydrogens (tertiary/aromatic N) is 2. The smallest absolute Gasteiger partial charge is 0.257 e. The molecule has 0 atom stereocenters. The maximum absolute atomic E-state index is 12.3. The molecule has 6 heteroatoms. The Labute approximate surface area is 112 Å². The zero-order chi connectivity index (χ0) is 14.0. The number of furan rings is 1. The van der Waals surface area contributed by atoms with Crippen molar-refractivity contribution in [3.63, 3.8) is 0 Å². The van der Waals surface area contributed by atoms with Gasteiger partial charge in [0.1, 0.15) is 11.5 Å². The molecule has 1 aromatic rings. The van der Waals surface area contributed by atoms with E-state index in [2.05, 4.69) is 0 Å². The molecule has 2 amide bonds. The lowest BCUT2D eigenvalue weighted by atomic mass is 10.2. The molecule has 1 fully saturated rings. The highest BCUT2D eigenvalue weighted by Gasteiger charge is 2.26. The number of aryl methyl sites for hydroxylation is 2. The van der Waals surface area contributed by atoms with Gasteiger partial charge in [-0.05, 0) is 19.9 Å². The lowest BCUT2D eigenvalue weighted by Crippen LogP contribution is -2.51. The number of hydrogen-bond acceptors (Lipinski definition) is 4. The Hall–Kier alpha value is -1.82. The van der Waals surface area contributed by atoms with Gasteiger partial charge in [0, 0.05) is 26.2 Å². The fourth-order valence-electron chi connectivity index (χ4n) is 2.30. The molecule has 6 nitrogen and oxygen atoms in total. The van der Waals surface area contributed by atoms with Gasteiger partial charge in [-0.2, -0.15) is 0 Å². The van der Waals surface area contributed by atoms with Gasteiger partial charge in [0.2, 0.25) is 5.91 Å². The summed E-state index contributed by atoms with van der Waals surface area (Å²) < 4.78 is 5.37. The van der Waals surface area contributed by atoms with Gasteiger partial charge in [-0.1, -0.05) is 0 Å². The van der Waals surface area contributed by atoms with E-state index < -0.39 is 0 Å². The number of amides is 2. The van der Waals surface area contributed by atoms with Gasteiger partial charge >= 0.3 is 0 Å². The van der Waals surface area contributed by atoms with Crippen LogP contribution in [-0.4, -0.2) is 54.3 Å². The predicted molar refractivity (Wildman–Crippen MR) is 69.7 cm³/mol. The monoisotopic (exact) mass is 265 g/mol. The van der Waals surface area contributed by atoms with Crippen molar-refractivity contribution in [3.05, 3.63) is 23.2 Å². The molecule has 0 aliphatic carbocycles. The topological polar surface area (TPSA) is 79.8 Å². The molecule has 0 unspecified atom stereocenters. The summed E-state index contributed by atoms with van der Waals surface area (Å²) in [6, 6.07) is 1.76. The van der Waals surface area contributed by atoms with Crippen molar-refractivity contribution >= 4 is 11.8 Å². The van der Waals surface area contributed by atoms with Crippen molar-refractivity contribution < 1.29 is 14.0 Å². The first-order chi connectivity index (χ1) is 9.02. The van der Waals surface area contributed by atoms with E-state index in [9.17, 15) is 9.59 Å². The number of hydrogen-bond donors (Lipinski definition) is 1. The molecule has 0 radical (unpaired) electrons. The number of rotatable bonds is 2. The van der Waals surface area contributed by atoms with Crippen molar-refractivity contribution in [3.8, 4) is 0 Å². The molecule has 0 aromatic carbocycles. The minimum Gasteiger partial charge on any atom is -0.466 e. The average Bonchev–Trinajstić information content (AvgIpc) is 2.76. The van der Waals surface area contributed by atoms with Crippen molar-refractivity contribution in [2.75, 3.05) is 32.7 Å². The van der Waals surface area contributed by atoms with Crippen LogP contribution in [0.2, 0.25) is 0 Å². The first-order valence-electron chi connectivity index (χ1n) is 6.37. The van der Waals surface area contributed by atoms with Crippen LogP contribution in [0.3, 0.4) is 0 Å². The molecule has 0 saturated carbocycles. The summed E-state index contributed by atoms with van der Waals surface area (Å²) in [5, 5.41) is 0. The summed E-state index contributed by atoms with van der Waals surface area (Å²) in [5.41, 5.74) is 5.93. The quantitative estimate of drug-likeness (QED) is 0.825. The standard InChI is InChI=1S/C13H19N3O3/c1-9-7-11(10(2)19-9)13(18)16-5-3-15(4-6-16)12(17)8-14/h7H,3-6,8,14H2,1-2H3. The molecule has 104 valence electrons. The molecule has 19 heavy (non-hydrogen) atoms. The molecular formula is C13H19N3O3. The van der Waals surface area contributed by atoms with Gasteiger partial charge in [0.15, 0.2) is 0 Å². The van der Waals surface area contributed by atoms with Crippen LogP contribution < -0.4 is 5.73 Å². The normalized spacial score (nSPS) is 15.7. The molecule has 1 aliphatic heterocycles. The molecule has 1 aliphatic rings. The van der Waals surface area contributed by atoms with Crippen LogP contribution in [0, 0.1) is 13.8 Å². The Morgan fingerprint density at radius 1 is 1.21 bits per heavy atom. The Morgan fingerprint density at radius 3 is 2.26 bits per heavy atom. The molecule has 2 rings (SSSR count). The SMILES string of the molecule is Cc1cc(C(=O)N2CCN(C(=O)CN)CC2)c(C)o1. The van der Waals surface area contributed by atoms with E-state index >= 15 is 0 Å². The van der Waals surface area contributed by atoms with Crippen LogP contribution in [0.4, 0.5) is 0 Å². The third-order valence-corrected chi connectivity index (χ3v) is 3.37. The molecule has 0 spiro atoms. The van der Waals surface area contributed by atoms with E-state index in [-0.39, 0.29) is 18.4 Å². The lowest BCUT2D eigenvalue weighted by molar-refractivity contribution is -0.131. The predicted octanol–water partition coefficient (Wildman–Crippen LogP) is 0.140. The Balaban J connectivity index is 2.00. The number of nitrogens with two attached hydrogens (primary N) is 1. The van der Waals surface area contributed by atoms with E-state index in [4.69, 9.17) is 10.2 Å². The Bertz CT molecular complexity index is 487. The van der Waals surface area contributed by atoms with Crippen LogP contribution in [0.25, 0.3) is 0 Å². The summed E-state index contributed by atoms with van der Waals surface area (Å²) in [7, 11) is 0. The fraction of sp³-hybridized carbons (Fsp3) is 0.538. The third-order valence-electron chi connectivity index (χ3n) is 3.37. The lowest BCUT2D eigenvalue weighted by Gasteiger charge is -2.34. The minimum atomic E-state index is -0.0672. The largest absolute Gasteiger partial charge is 0.466 e. The third kappa shape index (κ3) is 2.78. The highest BCUT2D eigenvalue weighted by molar-refractivity contribution is 5.95. The van der Waals surface area contributed by atoms with E-state index in [0.717, 1.165) is 5.76 Å². The van der Waals surface area contributed by atoms with Gasteiger partial charge in [-0.25, -0.2) is 0 Å². The Morgan fingerprint density at radius 2 is 1.79 bits per heavy atom. The summed E-state index contributed by atoms with van der Waals surface area (Å²) in [5.74, 6) is 1.28. The van der Waals surface area contributed by atoms with E-state index in [1.54, 1.807) is 22.8 Å². The van der Waals surface area contributed by atoms with Crippen LogP contribution in [0.15, 0.2) is 10.5 Å². The highest BCUT2D eigenvalue weighted by Crippen LogP contribution is 2.17. The average molecular weight is 265 g/mol. The molecule has 0 bridgehead atoms. The summed E-state index contributed by atoms with van der Waals surface area (Å²) in [6.07, 6.45) is 0. The summed E-state index contributed by atoms with van der Waals surface area (Å²) in [4.78, 5) is 27.2. The van der Waals surface area contributed by atoms with Crippen LogP contribution >= 0.6 is 0 Å². The number of carbonyl (C=O) groups is 2. The fourth-order valence-corrected chi connectivity index (χ4v) is 2.30. The molecule has 1 saturated heterocycles.